The topological polar surface area (TPSA) is 85.4 Å². The second-order valence-corrected chi connectivity index (χ2v) is 6.06. The Labute approximate surface area is 130 Å². The molecule has 0 aromatic heterocycles. The molecular formula is C14H24N2O6. The zero-order chi connectivity index (χ0) is 16.9. The molecule has 1 heterocycles. The summed E-state index contributed by atoms with van der Waals surface area (Å²) in [4.78, 5) is 37.9. The molecule has 1 atom stereocenters. The number of amides is 2. The molecule has 0 saturated carbocycles. The standard InChI is InChI=1S/C14H24N2O6/c1-10(17)15-6-7-16(12(18)22-14(2,3)4)11(8-15)9-21-13(19)20-5/h11H,6-9H2,1-5H3. The molecule has 1 rings (SSSR count). The second-order valence-electron chi connectivity index (χ2n) is 6.06. The highest BCUT2D eigenvalue weighted by Crippen LogP contribution is 2.16. The third-order valence-electron chi connectivity index (χ3n) is 3.12. The van der Waals surface area contributed by atoms with Gasteiger partial charge in [0.25, 0.3) is 0 Å². The third kappa shape index (κ3) is 5.42. The lowest BCUT2D eigenvalue weighted by Crippen LogP contribution is -2.58. The van der Waals surface area contributed by atoms with Crippen LogP contribution in [-0.4, -0.2) is 72.9 Å². The van der Waals surface area contributed by atoms with Crippen molar-refractivity contribution < 1.29 is 28.6 Å². The summed E-state index contributed by atoms with van der Waals surface area (Å²) in [5.41, 5.74) is -0.622. The van der Waals surface area contributed by atoms with Crippen molar-refractivity contribution in [2.24, 2.45) is 0 Å². The van der Waals surface area contributed by atoms with Crippen molar-refractivity contribution in [1.82, 2.24) is 9.80 Å². The van der Waals surface area contributed by atoms with Crippen LogP contribution in [0.3, 0.4) is 0 Å². The number of carbonyl (C=O) groups excluding carboxylic acids is 3. The minimum atomic E-state index is -0.830. The van der Waals surface area contributed by atoms with E-state index >= 15 is 0 Å². The Morgan fingerprint density at radius 3 is 2.32 bits per heavy atom. The van der Waals surface area contributed by atoms with Crippen molar-refractivity contribution in [3.63, 3.8) is 0 Å². The minimum absolute atomic E-state index is 0.0598. The van der Waals surface area contributed by atoms with Gasteiger partial charge in [-0.3, -0.25) is 9.69 Å². The lowest BCUT2D eigenvalue weighted by Gasteiger charge is -2.40. The molecule has 1 aliphatic heterocycles. The van der Waals surface area contributed by atoms with Gasteiger partial charge < -0.3 is 19.1 Å². The molecule has 22 heavy (non-hydrogen) atoms. The third-order valence-corrected chi connectivity index (χ3v) is 3.12. The number of rotatable bonds is 2. The predicted molar refractivity (Wildman–Crippen MR) is 77.3 cm³/mol. The maximum atomic E-state index is 12.2. The van der Waals surface area contributed by atoms with E-state index in [1.165, 1.54) is 18.9 Å². The molecule has 0 aromatic carbocycles. The smallest absolute Gasteiger partial charge is 0.444 e. The summed E-state index contributed by atoms with van der Waals surface area (Å²) in [5.74, 6) is -0.0908. The van der Waals surface area contributed by atoms with Gasteiger partial charge >= 0.3 is 12.2 Å². The Morgan fingerprint density at radius 2 is 1.82 bits per heavy atom. The molecule has 8 nitrogen and oxygen atoms in total. The average molecular weight is 316 g/mol. The SMILES string of the molecule is COC(=O)OCC1CN(C(C)=O)CCN1C(=O)OC(C)(C)C. The van der Waals surface area contributed by atoms with E-state index in [2.05, 4.69) is 4.74 Å². The van der Waals surface area contributed by atoms with Crippen LogP contribution in [0.1, 0.15) is 27.7 Å². The number of piperazine rings is 1. The highest BCUT2D eigenvalue weighted by atomic mass is 16.7. The van der Waals surface area contributed by atoms with Gasteiger partial charge in [-0.2, -0.15) is 0 Å². The molecule has 0 aromatic rings. The van der Waals surface area contributed by atoms with Crippen LogP contribution >= 0.6 is 0 Å². The van der Waals surface area contributed by atoms with Gasteiger partial charge in [0.15, 0.2) is 0 Å². The van der Waals surface area contributed by atoms with Crippen molar-refractivity contribution >= 4 is 18.2 Å². The van der Waals surface area contributed by atoms with Crippen LogP contribution in [0.5, 0.6) is 0 Å². The summed E-state index contributed by atoms with van der Waals surface area (Å²) >= 11 is 0. The summed E-state index contributed by atoms with van der Waals surface area (Å²) < 4.78 is 14.7. The highest BCUT2D eigenvalue weighted by molar-refractivity contribution is 5.74. The first-order valence-corrected chi connectivity index (χ1v) is 7.10. The summed E-state index contributed by atoms with van der Waals surface area (Å²) in [7, 11) is 1.21. The first-order valence-electron chi connectivity index (χ1n) is 7.10. The molecule has 2 amide bonds. The summed E-state index contributed by atoms with van der Waals surface area (Å²) in [6, 6.07) is -0.466. The van der Waals surface area contributed by atoms with Gasteiger partial charge in [0.1, 0.15) is 12.2 Å². The fourth-order valence-corrected chi connectivity index (χ4v) is 2.07. The fraction of sp³-hybridized carbons (Fsp3) is 0.786. The lowest BCUT2D eigenvalue weighted by atomic mass is 10.1. The van der Waals surface area contributed by atoms with Gasteiger partial charge in [0.05, 0.1) is 13.2 Å². The normalized spacial score (nSPS) is 18.7. The van der Waals surface area contributed by atoms with Crippen molar-refractivity contribution in [2.45, 2.75) is 39.3 Å². The number of hydrogen-bond donors (Lipinski definition) is 0. The van der Waals surface area contributed by atoms with Gasteiger partial charge in [-0.1, -0.05) is 0 Å². The number of ether oxygens (including phenoxy) is 3. The van der Waals surface area contributed by atoms with E-state index in [4.69, 9.17) is 9.47 Å². The van der Waals surface area contributed by atoms with E-state index in [0.29, 0.717) is 13.1 Å². The first kappa shape index (κ1) is 18.1. The van der Waals surface area contributed by atoms with Crippen LogP contribution in [-0.2, 0) is 19.0 Å². The first-order chi connectivity index (χ1) is 10.1. The number of hydrogen-bond acceptors (Lipinski definition) is 6. The Hall–Kier alpha value is -1.99. The maximum Gasteiger partial charge on any atom is 0.508 e. The van der Waals surface area contributed by atoms with Crippen LogP contribution in [0.25, 0.3) is 0 Å². The Morgan fingerprint density at radius 1 is 1.18 bits per heavy atom. The van der Waals surface area contributed by atoms with E-state index in [-0.39, 0.29) is 19.1 Å². The molecule has 1 saturated heterocycles. The zero-order valence-electron chi connectivity index (χ0n) is 13.7. The van der Waals surface area contributed by atoms with Crippen molar-refractivity contribution in [1.29, 1.82) is 0 Å². The van der Waals surface area contributed by atoms with Crippen LogP contribution < -0.4 is 0 Å². The van der Waals surface area contributed by atoms with E-state index in [1.54, 1.807) is 25.7 Å². The molecule has 1 fully saturated rings. The average Bonchev–Trinajstić information content (AvgIpc) is 2.42. The Bertz CT molecular complexity index is 432. The molecule has 0 spiro atoms. The van der Waals surface area contributed by atoms with E-state index in [0.717, 1.165) is 0 Å². The molecule has 0 aliphatic carbocycles. The largest absolute Gasteiger partial charge is 0.508 e. The van der Waals surface area contributed by atoms with Gasteiger partial charge in [-0.05, 0) is 20.8 Å². The molecular weight excluding hydrogens is 292 g/mol. The molecule has 0 bridgehead atoms. The number of carbonyl (C=O) groups is 3. The highest BCUT2D eigenvalue weighted by Gasteiger charge is 2.35. The summed E-state index contributed by atoms with van der Waals surface area (Å²) in [5, 5.41) is 0. The van der Waals surface area contributed by atoms with Crippen molar-refractivity contribution in [3.05, 3.63) is 0 Å². The van der Waals surface area contributed by atoms with Crippen LogP contribution in [0.4, 0.5) is 9.59 Å². The van der Waals surface area contributed by atoms with E-state index < -0.39 is 23.9 Å². The lowest BCUT2D eigenvalue weighted by molar-refractivity contribution is -0.132. The van der Waals surface area contributed by atoms with E-state index in [1.807, 2.05) is 0 Å². The second kappa shape index (κ2) is 7.33. The van der Waals surface area contributed by atoms with Gasteiger partial charge in [-0.15, -0.1) is 0 Å². The summed E-state index contributed by atoms with van der Waals surface area (Å²) in [6.07, 6.45) is -1.32. The van der Waals surface area contributed by atoms with Gasteiger partial charge in [-0.25, -0.2) is 9.59 Å². The van der Waals surface area contributed by atoms with Crippen molar-refractivity contribution in [3.8, 4) is 0 Å². The monoisotopic (exact) mass is 316 g/mol. The van der Waals surface area contributed by atoms with Crippen molar-refractivity contribution in [2.75, 3.05) is 33.4 Å². The Balaban J connectivity index is 2.76. The van der Waals surface area contributed by atoms with E-state index in [9.17, 15) is 14.4 Å². The van der Waals surface area contributed by atoms with Crippen LogP contribution in [0, 0.1) is 0 Å². The zero-order valence-corrected chi connectivity index (χ0v) is 13.7. The fourth-order valence-electron chi connectivity index (χ4n) is 2.07. The minimum Gasteiger partial charge on any atom is -0.444 e. The van der Waals surface area contributed by atoms with Crippen LogP contribution in [0.15, 0.2) is 0 Å². The molecule has 1 unspecified atom stereocenters. The predicted octanol–water partition coefficient (Wildman–Crippen LogP) is 1.24. The van der Waals surface area contributed by atoms with Crippen LogP contribution in [0.2, 0.25) is 0 Å². The quantitative estimate of drug-likeness (QED) is 0.713. The number of methoxy groups -OCH3 is 1. The molecule has 1 aliphatic rings. The Kier molecular flexibility index (Phi) is 6.01. The maximum absolute atomic E-state index is 12.2. The molecule has 126 valence electrons. The molecule has 0 radical (unpaired) electrons. The molecule has 0 N–H and O–H groups in total. The molecule has 8 heteroatoms. The van der Waals surface area contributed by atoms with Gasteiger partial charge in [0.2, 0.25) is 5.91 Å². The number of nitrogens with zero attached hydrogens (tertiary/aromatic N) is 2. The van der Waals surface area contributed by atoms with Gasteiger partial charge in [0, 0.05) is 26.6 Å². The summed E-state index contributed by atoms with van der Waals surface area (Å²) in [6.45, 7) is 7.75.